The molecular weight excluding hydrogens is 447 g/mol. The Kier molecular flexibility index (Phi) is 8.68. The lowest BCUT2D eigenvalue weighted by atomic mass is 10.0. The lowest BCUT2D eigenvalue weighted by Gasteiger charge is -2.32. The van der Waals surface area contributed by atoms with Gasteiger partial charge in [-0.2, -0.15) is 0 Å². The van der Waals surface area contributed by atoms with Crippen molar-refractivity contribution in [1.29, 1.82) is 0 Å². The van der Waals surface area contributed by atoms with Gasteiger partial charge in [0.2, 0.25) is 11.8 Å². The molecular formula is C25H24Cl2N2O3. The van der Waals surface area contributed by atoms with Gasteiger partial charge in [0.05, 0.1) is 13.0 Å². The van der Waals surface area contributed by atoms with Crippen LogP contribution < -0.4 is 5.32 Å². The molecule has 0 aliphatic carbocycles. The Hall–Kier alpha value is -2.86. The molecule has 0 saturated heterocycles. The Labute approximate surface area is 197 Å². The van der Waals surface area contributed by atoms with E-state index in [9.17, 15) is 14.7 Å². The highest BCUT2D eigenvalue weighted by atomic mass is 35.5. The summed E-state index contributed by atoms with van der Waals surface area (Å²) in [5.74, 6) is -0.570. The molecule has 166 valence electrons. The molecule has 3 aromatic carbocycles. The summed E-state index contributed by atoms with van der Waals surface area (Å²) in [5, 5.41) is 13.1. The van der Waals surface area contributed by atoms with E-state index in [4.69, 9.17) is 23.2 Å². The Morgan fingerprint density at radius 3 is 1.97 bits per heavy atom. The molecule has 0 aliphatic rings. The van der Waals surface area contributed by atoms with Gasteiger partial charge in [-0.25, -0.2) is 0 Å². The quantitative estimate of drug-likeness (QED) is 0.486. The minimum atomic E-state index is -0.863. The molecule has 3 aromatic rings. The molecule has 0 aromatic heterocycles. The van der Waals surface area contributed by atoms with Crippen LogP contribution in [0.3, 0.4) is 0 Å². The lowest BCUT2D eigenvalue weighted by Crippen LogP contribution is -2.44. The number of rotatable bonds is 9. The summed E-state index contributed by atoms with van der Waals surface area (Å²) in [7, 11) is 0. The first-order chi connectivity index (χ1) is 15.5. The van der Waals surface area contributed by atoms with Crippen molar-refractivity contribution in [2.24, 2.45) is 0 Å². The molecule has 0 aliphatic heterocycles. The first-order valence-electron chi connectivity index (χ1n) is 10.2. The largest absolute Gasteiger partial charge is 0.395 e. The van der Waals surface area contributed by atoms with Crippen LogP contribution in [0.5, 0.6) is 0 Å². The zero-order valence-electron chi connectivity index (χ0n) is 17.4. The summed E-state index contributed by atoms with van der Waals surface area (Å²) in [6, 6.07) is 22.5. The van der Waals surface area contributed by atoms with Crippen LogP contribution in [0, 0.1) is 0 Å². The summed E-state index contributed by atoms with van der Waals surface area (Å²) in [5.41, 5.74) is 2.32. The number of nitrogens with one attached hydrogen (secondary N) is 1. The number of halogens is 2. The number of carbonyl (C=O) groups is 2. The molecule has 7 heteroatoms. The number of aliphatic hydroxyl groups excluding tert-OH is 1. The molecule has 0 bridgehead atoms. The van der Waals surface area contributed by atoms with E-state index in [1.165, 1.54) is 0 Å². The summed E-state index contributed by atoms with van der Waals surface area (Å²) in [6.07, 6.45) is 0.112. The van der Waals surface area contributed by atoms with E-state index in [2.05, 4.69) is 5.32 Å². The molecule has 0 radical (unpaired) electrons. The first kappa shape index (κ1) is 23.8. The maximum absolute atomic E-state index is 13.5. The molecule has 0 unspecified atom stereocenters. The fourth-order valence-electron chi connectivity index (χ4n) is 3.37. The van der Waals surface area contributed by atoms with Crippen molar-refractivity contribution in [1.82, 2.24) is 10.2 Å². The van der Waals surface area contributed by atoms with Crippen LogP contribution in [0.1, 0.15) is 22.7 Å². The van der Waals surface area contributed by atoms with Crippen molar-refractivity contribution in [3.8, 4) is 0 Å². The van der Waals surface area contributed by atoms with Crippen molar-refractivity contribution in [2.45, 2.75) is 19.0 Å². The van der Waals surface area contributed by atoms with Crippen molar-refractivity contribution < 1.29 is 14.7 Å². The molecule has 1 atom stereocenters. The number of benzene rings is 3. The van der Waals surface area contributed by atoms with Crippen molar-refractivity contribution >= 4 is 35.0 Å². The Balaban J connectivity index is 1.97. The van der Waals surface area contributed by atoms with Gasteiger partial charge in [0.15, 0.2) is 0 Å². The van der Waals surface area contributed by atoms with E-state index < -0.39 is 6.04 Å². The third-order valence-corrected chi connectivity index (χ3v) is 5.45. The van der Waals surface area contributed by atoms with Crippen LogP contribution in [0.25, 0.3) is 0 Å². The second-order valence-corrected chi connectivity index (χ2v) is 8.15. The maximum atomic E-state index is 13.5. The Morgan fingerprint density at radius 2 is 1.41 bits per heavy atom. The van der Waals surface area contributed by atoms with Gasteiger partial charge in [-0.05, 0) is 41.0 Å². The lowest BCUT2D eigenvalue weighted by molar-refractivity contribution is -0.141. The highest BCUT2D eigenvalue weighted by Gasteiger charge is 2.31. The topological polar surface area (TPSA) is 69.6 Å². The molecule has 32 heavy (non-hydrogen) atoms. The zero-order valence-corrected chi connectivity index (χ0v) is 18.9. The SMILES string of the molecule is O=C(NCCO)[C@@H](c1ccccc1)N(Cc1ccc(Cl)cc1)C(=O)Cc1ccc(Cl)cc1. The number of hydrogen-bond acceptors (Lipinski definition) is 3. The number of aliphatic hydroxyl groups is 1. The average molecular weight is 471 g/mol. The monoisotopic (exact) mass is 470 g/mol. The Bertz CT molecular complexity index is 1030. The first-order valence-corrected chi connectivity index (χ1v) is 11.0. The third-order valence-electron chi connectivity index (χ3n) is 4.94. The van der Waals surface area contributed by atoms with E-state index in [0.29, 0.717) is 15.6 Å². The molecule has 0 heterocycles. The van der Waals surface area contributed by atoms with E-state index in [-0.39, 0.29) is 37.9 Å². The van der Waals surface area contributed by atoms with Crippen molar-refractivity contribution in [3.05, 3.63) is 106 Å². The van der Waals surface area contributed by atoms with Gasteiger partial charge in [0, 0.05) is 23.1 Å². The van der Waals surface area contributed by atoms with E-state index in [1.807, 2.05) is 42.5 Å². The summed E-state index contributed by atoms with van der Waals surface area (Å²) in [6.45, 7) is 0.126. The molecule has 2 amide bonds. The fraction of sp³-hybridized carbons (Fsp3) is 0.200. The number of carbonyl (C=O) groups excluding carboxylic acids is 2. The van der Waals surface area contributed by atoms with Gasteiger partial charge < -0.3 is 15.3 Å². The standard InChI is InChI=1S/C25H24Cl2N2O3/c26-21-10-6-18(7-11-21)16-23(31)29(17-19-8-12-22(27)13-9-19)24(25(32)28-14-15-30)20-4-2-1-3-5-20/h1-13,24,30H,14-17H2,(H,28,32)/t24-/m1/s1. The fourth-order valence-corrected chi connectivity index (χ4v) is 3.62. The minimum absolute atomic E-state index is 0.0995. The minimum Gasteiger partial charge on any atom is -0.395 e. The Morgan fingerprint density at radius 1 is 0.844 bits per heavy atom. The predicted molar refractivity (Wildman–Crippen MR) is 126 cm³/mol. The van der Waals surface area contributed by atoms with Crippen molar-refractivity contribution in [2.75, 3.05) is 13.2 Å². The van der Waals surface area contributed by atoms with Crippen LogP contribution in [0.2, 0.25) is 10.0 Å². The number of amides is 2. The van der Waals surface area contributed by atoms with Crippen LogP contribution in [0.4, 0.5) is 0 Å². The van der Waals surface area contributed by atoms with Gasteiger partial charge in [-0.1, -0.05) is 77.8 Å². The van der Waals surface area contributed by atoms with E-state index in [1.54, 1.807) is 41.3 Å². The molecule has 5 nitrogen and oxygen atoms in total. The van der Waals surface area contributed by atoms with Gasteiger partial charge in [-0.15, -0.1) is 0 Å². The third kappa shape index (κ3) is 6.57. The van der Waals surface area contributed by atoms with E-state index in [0.717, 1.165) is 11.1 Å². The smallest absolute Gasteiger partial charge is 0.247 e. The van der Waals surface area contributed by atoms with Gasteiger partial charge in [0.1, 0.15) is 6.04 Å². The highest BCUT2D eigenvalue weighted by molar-refractivity contribution is 6.30. The maximum Gasteiger partial charge on any atom is 0.247 e. The van der Waals surface area contributed by atoms with Gasteiger partial charge in [-0.3, -0.25) is 9.59 Å². The van der Waals surface area contributed by atoms with Crippen LogP contribution in [-0.4, -0.2) is 35.0 Å². The highest BCUT2D eigenvalue weighted by Crippen LogP contribution is 2.25. The van der Waals surface area contributed by atoms with Gasteiger partial charge >= 0.3 is 0 Å². The predicted octanol–water partition coefficient (Wildman–Crippen LogP) is 4.41. The summed E-state index contributed by atoms with van der Waals surface area (Å²) < 4.78 is 0. The molecule has 3 rings (SSSR count). The zero-order chi connectivity index (χ0) is 22.9. The molecule has 0 saturated carbocycles. The number of hydrogen-bond donors (Lipinski definition) is 2. The summed E-state index contributed by atoms with van der Waals surface area (Å²) >= 11 is 12.0. The van der Waals surface area contributed by atoms with Gasteiger partial charge in [0.25, 0.3) is 0 Å². The average Bonchev–Trinajstić information content (AvgIpc) is 2.80. The van der Waals surface area contributed by atoms with Crippen LogP contribution >= 0.6 is 23.2 Å². The summed E-state index contributed by atoms with van der Waals surface area (Å²) in [4.78, 5) is 28.2. The van der Waals surface area contributed by atoms with Crippen LogP contribution in [-0.2, 0) is 22.6 Å². The number of nitrogens with zero attached hydrogens (tertiary/aromatic N) is 1. The van der Waals surface area contributed by atoms with E-state index >= 15 is 0 Å². The molecule has 2 N–H and O–H groups in total. The molecule has 0 fully saturated rings. The molecule has 0 spiro atoms. The normalized spacial score (nSPS) is 11.6. The van der Waals surface area contributed by atoms with Crippen molar-refractivity contribution in [3.63, 3.8) is 0 Å². The second-order valence-electron chi connectivity index (χ2n) is 7.28. The van der Waals surface area contributed by atoms with Crippen LogP contribution in [0.15, 0.2) is 78.9 Å². The second kappa shape index (κ2) is 11.7.